The summed E-state index contributed by atoms with van der Waals surface area (Å²) >= 11 is 11.6. The zero-order valence-electron chi connectivity index (χ0n) is 7.23. The maximum absolute atomic E-state index is 11.0. The van der Waals surface area contributed by atoms with Gasteiger partial charge in [-0.1, -0.05) is 23.2 Å². The Hall–Kier alpha value is -0.730. The van der Waals surface area contributed by atoms with Crippen molar-refractivity contribution in [1.82, 2.24) is 0 Å². The maximum atomic E-state index is 11.0. The summed E-state index contributed by atoms with van der Waals surface area (Å²) < 4.78 is 4.95. The number of hydrogen-bond donors (Lipinski definition) is 0. The molecular formula is C9H8Cl2O2. The van der Waals surface area contributed by atoms with Crippen LogP contribution in [0.1, 0.15) is 17.3 Å². The van der Waals surface area contributed by atoms with Crippen LogP contribution >= 0.6 is 23.2 Å². The van der Waals surface area contributed by atoms with Gasteiger partial charge < -0.3 is 4.74 Å². The second-order valence-corrected chi connectivity index (χ2v) is 3.32. The molecule has 0 radical (unpaired) electrons. The first kappa shape index (κ1) is 10.4. The van der Waals surface area contributed by atoms with Crippen LogP contribution in [0.15, 0.2) is 12.1 Å². The van der Waals surface area contributed by atoms with Gasteiger partial charge >= 0.3 is 0 Å². The molecular weight excluding hydrogens is 211 g/mol. The second-order valence-electron chi connectivity index (χ2n) is 2.53. The Morgan fingerprint density at radius 3 is 2.46 bits per heavy atom. The molecule has 1 aromatic carbocycles. The average Bonchev–Trinajstić information content (AvgIpc) is 2.09. The number of methoxy groups -OCH3 is 1. The monoisotopic (exact) mass is 218 g/mol. The van der Waals surface area contributed by atoms with E-state index >= 15 is 0 Å². The standard InChI is InChI=1S/C9H8Cl2O2/c1-5(12)6-3-7(10)9(11)8(4-6)13-2/h3-4H,1-2H3. The van der Waals surface area contributed by atoms with Gasteiger partial charge in [-0.05, 0) is 19.1 Å². The van der Waals surface area contributed by atoms with Crippen molar-refractivity contribution in [1.29, 1.82) is 0 Å². The van der Waals surface area contributed by atoms with Crippen LogP contribution in [-0.2, 0) is 0 Å². The fraction of sp³-hybridized carbons (Fsp3) is 0.222. The highest BCUT2D eigenvalue weighted by atomic mass is 35.5. The zero-order valence-corrected chi connectivity index (χ0v) is 8.74. The number of rotatable bonds is 2. The third kappa shape index (κ3) is 2.14. The van der Waals surface area contributed by atoms with Crippen LogP contribution in [0.2, 0.25) is 10.0 Å². The topological polar surface area (TPSA) is 26.3 Å². The van der Waals surface area contributed by atoms with Crippen molar-refractivity contribution in [2.75, 3.05) is 7.11 Å². The molecule has 0 aromatic heterocycles. The Morgan fingerprint density at radius 2 is 2.00 bits per heavy atom. The molecule has 0 aliphatic rings. The number of carbonyl (C=O) groups is 1. The van der Waals surface area contributed by atoms with E-state index in [0.29, 0.717) is 21.4 Å². The molecule has 0 atom stereocenters. The molecule has 1 rings (SSSR count). The van der Waals surface area contributed by atoms with Gasteiger partial charge in [-0.2, -0.15) is 0 Å². The molecule has 0 N–H and O–H groups in total. The highest BCUT2D eigenvalue weighted by molar-refractivity contribution is 6.43. The van der Waals surface area contributed by atoms with E-state index < -0.39 is 0 Å². The first-order valence-electron chi connectivity index (χ1n) is 3.60. The van der Waals surface area contributed by atoms with Crippen LogP contribution < -0.4 is 4.74 Å². The normalized spacial score (nSPS) is 9.85. The predicted molar refractivity (Wildman–Crippen MR) is 53.0 cm³/mol. The molecule has 13 heavy (non-hydrogen) atoms. The van der Waals surface area contributed by atoms with Gasteiger partial charge in [-0.15, -0.1) is 0 Å². The Kier molecular flexibility index (Phi) is 3.17. The lowest BCUT2D eigenvalue weighted by Crippen LogP contribution is -1.94. The van der Waals surface area contributed by atoms with E-state index in [1.807, 2.05) is 0 Å². The smallest absolute Gasteiger partial charge is 0.159 e. The SMILES string of the molecule is COc1cc(C(C)=O)cc(Cl)c1Cl. The van der Waals surface area contributed by atoms with Crippen molar-refractivity contribution in [3.05, 3.63) is 27.7 Å². The van der Waals surface area contributed by atoms with Gasteiger partial charge in [0.05, 0.1) is 12.1 Å². The number of hydrogen-bond acceptors (Lipinski definition) is 2. The summed E-state index contributed by atoms with van der Waals surface area (Å²) in [6, 6.07) is 3.09. The van der Waals surface area contributed by atoms with Crippen molar-refractivity contribution >= 4 is 29.0 Å². The van der Waals surface area contributed by atoms with Gasteiger partial charge in [0.1, 0.15) is 10.8 Å². The van der Waals surface area contributed by atoms with Gasteiger partial charge in [0.15, 0.2) is 5.78 Å². The number of halogens is 2. The number of benzene rings is 1. The molecule has 1 aromatic rings. The van der Waals surface area contributed by atoms with E-state index in [1.54, 1.807) is 6.07 Å². The molecule has 0 saturated heterocycles. The molecule has 0 heterocycles. The lowest BCUT2D eigenvalue weighted by Gasteiger charge is -2.06. The number of Topliss-reactive ketones (excluding diaryl/α,β-unsaturated/α-hetero) is 1. The Morgan fingerprint density at radius 1 is 1.38 bits per heavy atom. The van der Waals surface area contributed by atoms with Crippen molar-refractivity contribution in [3.8, 4) is 5.75 Å². The molecule has 0 amide bonds. The number of ketones is 1. The van der Waals surface area contributed by atoms with E-state index in [4.69, 9.17) is 27.9 Å². The zero-order chi connectivity index (χ0) is 10.0. The van der Waals surface area contributed by atoms with Crippen molar-refractivity contribution < 1.29 is 9.53 Å². The van der Waals surface area contributed by atoms with Gasteiger partial charge in [-0.25, -0.2) is 0 Å². The van der Waals surface area contributed by atoms with Crippen LogP contribution in [0.5, 0.6) is 5.75 Å². The van der Waals surface area contributed by atoms with Crippen LogP contribution in [0.25, 0.3) is 0 Å². The maximum Gasteiger partial charge on any atom is 0.159 e. The first-order chi connectivity index (χ1) is 6.06. The molecule has 0 aliphatic carbocycles. The van der Waals surface area contributed by atoms with Crippen LogP contribution in [0, 0.1) is 0 Å². The lowest BCUT2D eigenvalue weighted by atomic mass is 10.1. The van der Waals surface area contributed by atoms with Gasteiger partial charge in [-0.3, -0.25) is 4.79 Å². The summed E-state index contributed by atoms with van der Waals surface area (Å²) in [5.74, 6) is 0.344. The minimum atomic E-state index is -0.0723. The summed E-state index contributed by atoms with van der Waals surface area (Å²) in [5, 5.41) is 0.653. The fourth-order valence-electron chi connectivity index (χ4n) is 0.916. The highest BCUT2D eigenvalue weighted by Crippen LogP contribution is 2.33. The summed E-state index contributed by atoms with van der Waals surface area (Å²) in [5.41, 5.74) is 0.492. The number of carbonyl (C=O) groups excluding carboxylic acids is 1. The van der Waals surface area contributed by atoms with E-state index in [9.17, 15) is 4.79 Å². The molecule has 0 aliphatic heterocycles. The van der Waals surface area contributed by atoms with Crippen LogP contribution in [-0.4, -0.2) is 12.9 Å². The molecule has 0 saturated carbocycles. The molecule has 70 valence electrons. The van der Waals surface area contributed by atoms with Gasteiger partial charge in [0.25, 0.3) is 0 Å². The average molecular weight is 219 g/mol. The third-order valence-corrected chi connectivity index (χ3v) is 2.41. The van der Waals surface area contributed by atoms with E-state index in [-0.39, 0.29) is 5.78 Å². The van der Waals surface area contributed by atoms with Crippen LogP contribution in [0.3, 0.4) is 0 Å². The van der Waals surface area contributed by atoms with Crippen molar-refractivity contribution in [2.45, 2.75) is 6.92 Å². The fourth-order valence-corrected chi connectivity index (χ4v) is 1.31. The number of ether oxygens (including phenoxy) is 1. The van der Waals surface area contributed by atoms with E-state index in [2.05, 4.69) is 0 Å². The van der Waals surface area contributed by atoms with Crippen molar-refractivity contribution in [2.24, 2.45) is 0 Å². The lowest BCUT2D eigenvalue weighted by molar-refractivity contribution is 0.101. The molecule has 4 heteroatoms. The van der Waals surface area contributed by atoms with Gasteiger partial charge in [0.2, 0.25) is 0 Å². The largest absolute Gasteiger partial charge is 0.495 e. The summed E-state index contributed by atoms with van der Waals surface area (Å²) in [6.07, 6.45) is 0. The Balaban J connectivity index is 3.30. The van der Waals surface area contributed by atoms with E-state index in [0.717, 1.165) is 0 Å². The minimum absolute atomic E-state index is 0.0723. The van der Waals surface area contributed by atoms with Gasteiger partial charge in [0, 0.05) is 5.56 Å². The minimum Gasteiger partial charge on any atom is -0.495 e. The molecule has 0 unspecified atom stereocenters. The highest BCUT2D eigenvalue weighted by Gasteiger charge is 2.09. The molecule has 0 spiro atoms. The second kappa shape index (κ2) is 3.99. The Labute approximate surface area is 86.4 Å². The van der Waals surface area contributed by atoms with E-state index in [1.165, 1.54) is 20.1 Å². The summed E-state index contributed by atoms with van der Waals surface area (Å²) in [4.78, 5) is 11.0. The van der Waals surface area contributed by atoms with Crippen LogP contribution in [0.4, 0.5) is 0 Å². The summed E-state index contributed by atoms with van der Waals surface area (Å²) in [6.45, 7) is 1.46. The first-order valence-corrected chi connectivity index (χ1v) is 4.36. The molecule has 2 nitrogen and oxygen atoms in total. The molecule has 0 fully saturated rings. The molecule has 0 bridgehead atoms. The summed E-state index contributed by atoms with van der Waals surface area (Å²) in [7, 11) is 1.47. The Bertz CT molecular complexity index is 348. The third-order valence-electron chi connectivity index (χ3n) is 1.62. The predicted octanol–water partition coefficient (Wildman–Crippen LogP) is 3.20. The van der Waals surface area contributed by atoms with Crippen molar-refractivity contribution in [3.63, 3.8) is 0 Å². The quantitative estimate of drug-likeness (QED) is 0.714.